The summed E-state index contributed by atoms with van der Waals surface area (Å²) >= 11 is 0. The van der Waals surface area contributed by atoms with Crippen molar-refractivity contribution >= 4 is 28.0 Å². The predicted molar refractivity (Wildman–Crippen MR) is 96.2 cm³/mol. The summed E-state index contributed by atoms with van der Waals surface area (Å²) in [6.07, 6.45) is 1.41. The number of fused-ring (bicyclic) bond motifs is 3. The van der Waals surface area contributed by atoms with Crippen molar-refractivity contribution in [3.8, 4) is 5.88 Å². The van der Waals surface area contributed by atoms with Crippen LogP contribution in [0.5, 0.6) is 5.88 Å². The topological polar surface area (TPSA) is 116 Å². The van der Waals surface area contributed by atoms with Gasteiger partial charge in [0.25, 0.3) is 0 Å². The Morgan fingerprint density at radius 3 is 2.64 bits per heavy atom. The van der Waals surface area contributed by atoms with Crippen molar-refractivity contribution in [3.05, 3.63) is 63.7 Å². The van der Waals surface area contributed by atoms with Gasteiger partial charge in [-0.3, -0.25) is 9.36 Å². The Morgan fingerprint density at radius 1 is 1.29 bits per heavy atom. The third kappa shape index (κ3) is 2.75. The molecule has 142 valence electrons. The molecule has 10 heteroatoms. The summed E-state index contributed by atoms with van der Waals surface area (Å²) in [5, 5.41) is 0.506. The standard InChI is InChI=1S/C18H13F2N5O3/c1-28-14-3-2-9-15-13(6-22-17(9)24-14)23-18(27)25(15)7-10-11(19)4-8(16(21)26)5-12(10)20/h2-6H,7H2,1H3,(H2,21,26)(H,23,27). The van der Waals surface area contributed by atoms with Crippen LogP contribution in [0, 0.1) is 11.6 Å². The Bertz CT molecular complexity index is 1290. The van der Waals surface area contributed by atoms with Gasteiger partial charge in [0.05, 0.1) is 30.9 Å². The van der Waals surface area contributed by atoms with Crippen LogP contribution in [0.4, 0.5) is 8.78 Å². The number of aromatic nitrogens is 4. The van der Waals surface area contributed by atoms with E-state index in [1.807, 2.05) is 0 Å². The summed E-state index contributed by atoms with van der Waals surface area (Å²) < 4.78 is 35.0. The molecule has 4 aromatic rings. The van der Waals surface area contributed by atoms with Crippen molar-refractivity contribution in [1.82, 2.24) is 19.5 Å². The van der Waals surface area contributed by atoms with Gasteiger partial charge in [-0.05, 0) is 18.2 Å². The Hall–Kier alpha value is -3.82. The van der Waals surface area contributed by atoms with Crippen LogP contribution >= 0.6 is 0 Å². The summed E-state index contributed by atoms with van der Waals surface area (Å²) in [6.45, 7) is -0.402. The van der Waals surface area contributed by atoms with Crippen LogP contribution in [-0.4, -0.2) is 32.5 Å². The molecule has 0 aliphatic rings. The average Bonchev–Trinajstić information content (AvgIpc) is 2.99. The number of hydrogen-bond donors (Lipinski definition) is 2. The number of halogens is 2. The number of primary amides is 1. The highest BCUT2D eigenvalue weighted by Crippen LogP contribution is 2.24. The summed E-state index contributed by atoms with van der Waals surface area (Å²) in [5.74, 6) is -2.57. The Kier molecular flexibility index (Phi) is 4.03. The van der Waals surface area contributed by atoms with E-state index in [2.05, 4.69) is 15.0 Å². The molecule has 0 fully saturated rings. The van der Waals surface area contributed by atoms with Crippen LogP contribution in [0.15, 0.2) is 35.3 Å². The van der Waals surface area contributed by atoms with Crippen LogP contribution < -0.4 is 16.2 Å². The number of H-pyrrole nitrogens is 1. The van der Waals surface area contributed by atoms with E-state index in [1.165, 1.54) is 17.9 Å². The molecule has 3 heterocycles. The van der Waals surface area contributed by atoms with Crippen molar-refractivity contribution in [1.29, 1.82) is 0 Å². The maximum atomic E-state index is 14.4. The number of benzene rings is 1. The number of imidazole rings is 1. The lowest BCUT2D eigenvalue weighted by Gasteiger charge is -2.09. The summed E-state index contributed by atoms with van der Waals surface area (Å²) in [4.78, 5) is 34.6. The van der Waals surface area contributed by atoms with E-state index in [1.54, 1.807) is 12.1 Å². The summed E-state index contributed by atoms with van der Waals surface area (Å²) in [7, 11) is 1.46. The number of ether oxygens (including phenoxy) is 1. The normalized spacial score (nSPS) is 11.2. The highest BCUT2D eigenvalue weighted by atomic mass is 19.1. The lowest BCUT2D eigenvalue weighted by molar-refractivity contribution is 0.0999. The zero-order chi connectivity index (χ0) is 20.0. The third-order valence-corrected chi connectivity index (χ3v) is 4.38. The second-order valence-electron chi connectivity index (χ2n) is 6.04. The van der Waals surface area contributed by atoms with E-state index in [9.17, 15) is 18.4 Å². The first-order valence-corrected chi connectivity index (χ1v) is 8.09. The Morgan fingerprint density at radius 2 is 2.00 bits per heavy atom. The SMILES string of the molecule is COc1ccc2c(ncc3[nH]c(=O)n(Cc4c(F)cc(C(N)=O)cc4F)c32)n1. The monoisotopic (exact) mass is 385 g/mol. The lowest BCUT2D eigenvalue weighted by atomic mass is 10.1. The molecule has 0 saturated carbocycles. The zero-order valence-corrected chi connectivity index (χ0v) is 14.5. The molecule has 0 spiro atoms. The summed E-state index contributed by atoms with van der Waals surface area (Å²) in [5.41, 5.74) is 4.91. The highest BCUT2D eigenvalue weighted by Gasteiger charge is 2.18. The van der Waals surface area contributed by atoms with Crippen LogP contribution in [-0.2, 0) is 6.54 Å². The lowest BCUT2D eigenvalue weighted by Crippen LogP contribution is -2.20. The van der Waals surface area contributed by atoms with Gasteiger partial charge in [-0.1, -0.05) is 0 Å². The van der Waals surface area contributed by atoms with Crippen molar-refractivity contribution in [2.24, 2.45) is 5.73 Å². The zero-order valence-electron chi connectivity index (χ0n) is 14.5. The van der Waals surface area contributed by atoms with E-state index < -0.39 is 29.8 Å². The molecule has 0 aliphatic carbocycles. The third-order valence-electron chi connectivity index (χ3n) is 4.38. The maximum absolute atomic E-state index is 14.4. The van der Waals surface area contributed by atoms with Crippen molar-refractivity contribution < 1.29 is 18.3 Å². The maximum Gasteiger partial charge on any atom is 0.326 e. The molecule has 0 radical (unpaired) electrons. The fourth-order valence-corrected chi connectivity index (χ4v) is 3.03. The van der Waals surface area contributed by atoms with Crippen molar-refractivity contribution in [3.63, 3.8) is 0 Å². The van der Waals surface area contributed by atoms with Gasteiger partial charge in [0.2, 0.25) is 11.8 Å². The fourth-order valence-electron chi connectivity index (χ4n) is 3.03. The van der Waals surface area contributed by atoms with Gasteiger partial charge in [0.15, 0.2) is 5.65 Å². The molecule has 0 saturated heterocycles. The van der Waals surface area contributed by atoms with E-state index >= 15 is 0 Å². The molecular weight excluding hydrogens is 372 g/mol. The van der Waals surface area contributed by atoms with E-state index in [4.69, 9.17) is 10.5 Å². The predicted octanol–water partition coefficient (Wildman–Crippen LogP) is 1.71. The van der Waals surface area contributed by atoms with Gasteiger partial charge in [0, 0.05) is 22.6 Å². The second kappa shape index (κ2) is 6.41. The minimum Gasteiger partial charge on any atom is -0.481 e. The van der Waals surface area contributed by atoms with Gasteiger partial charge < -0.3 is 15.5 Å². The van der Waals surface area contributed by atoms with Crippen molar-refractivity contribution in [2.75, 3.05) is 7.11 Å². The summed E-state index contributed by atoms with van der Waals surface area (Å²) in [6, 6.07) is 4.93. The number of pyridine rings is 2. The molecular formula is C18H13F2N5O3. The Labute approximate surface area is 155 Å². The molecule has 0 aliphatic heterocycles. The largest absolute Gasteiger partial charge is 0.481 e. The van der Waals surface area contributed by atoms with Gasteiger partial charge in [-0.15, -0.1) is 0 Å². The second-order valence-corrected chi connectivity index (χ2v) is 6.04. The van der Waals surface area contributed by atoms with Crippen LogP contribution in [0.2, 0.25) is 0 Å². The van der Waals surface area contributed by atoms with Crippen LogP contribution in [0.3, 0.4) is 0 Å². The number of rotatable bonds is 4. The smallest absolute Gasteiger partial charge is 0.326 e. The highest BCUT2D eigenvalue weighted by molar-refractivity contribution is 6.00. The number of hydrogen-bond acceptors (Lipinski definition) is 5. The molecule has 1 amide bonds. The molecule has 0 bridgehead atoms. The van der Waals surface area contributed by atoms with Crippen LogP contribution in [0.25, 0.3) is 22.1 Å². The van der Waals surface area contributed by atoms with Gasteiger partial charge in [0.1, 0.15) is 11.6 Å². The molecule has 0 atom stereocenters. The number of nitrogens with one attached hydrogen (secondary N) is 1. The fraction of sp³-hybridized carbons (Fsp3) is 0.111. The van der Waals surface area contributed by atoms with Crippen molar-refractivity contribution in [2.45, 2.75) is 6.54 Å². The average molecular weight is 385 g/mol. The number of methoxy groups -OCH3 is 1. The first-order chi connectivity index (χ1) is 13.4. The first-order valence-electron chi connectivity index (χ1n) is 8.09. The van der Waals surface area contributed by atoms with Gasteiger partial charge >= 0.3 is 5.69 Å². The number of nitrogens with two attached hydrogens (primary N) is 1. The number of carbonyl (C=O) groups is 1. The molecule has 3 N–H and O–H groups in total. The first kappa shape index (κ1) is 17.6. The van der Waals surface area contributed by atoms with E-state index in [0.717, 1.165) is 12.1 Å². The minimum absolute atomic E-state index is 0.295. The Balaban J connectivity index is 1.92. The number of carbonyl (C=O) groups excluding carboxylic acids is 1. The number of amides is 1. The molecule has 4 rings (SSSR count). The molecule has 3 aromatic heterocycles. The quantitative estimate of drug-likeness (QED) is 0.555. The van der Waals surface area contributed by atoms with E-state index in [-0.39, 0.29) is 11.1 Å². The van der Waals surface area contributed by atoms with Crippen LogP contribution in [0.1, 0.15) is 15.9 Å². The number of nitrogens with zero attached hydrogens (tertiary/aromatic N) is 3. The molecule has 0 unspecified atom stereocenters. The molecule has 28 heavy (non-hydrogen) atoms. The van der Waals surface area contributed by atoms with E-state index in [0.29, 0.717) is 27.9 Å². The molecule has 1 aromatic carbocycles. The van der Waals surface area contributed by atoms with Gasteiger partial charge in [-0.2, -0.15) is 4.98 Å². The molecule has 8 nitrogen and oxygen atoms in total. The van der Waals surface area contributed by atoms with Gasteiger partial charge in [-0.25, -0.2) is 18.6 Å². The minimum atomic E-state index is -0.979. The number of aromatic amines is 1.